The second-order valence-electron chi connectivity index (χ2n) is 8.66. The number of aromatic nitrogens is 2. The van der Waals surface area contributed by atoms with Crippen LogP contribution in [-0.4, -0.2) is 65.6 Å². The van der Waals surface area contributed by atoms with Gasteiger partial charge < -0.3 is 19.3 Å². The molecule has 28 heavy (non-hydrogen) atoms. The van der Waals surface area contributed by atoms with Crippen LogP contribution < -0.4 is 4.90 Å². The average molecular weight is 386 g/mol. The van der Waals surface area contributed by atoms with E-state index in [1.54, 1.807) is 0 Å². The first kappa shape index (κ1) is 19.1. The van der Waals surface area contributed by atoms with Crippen molar-refractivity contribution in [3.05, 3.63) is 30.1 Å². The van der Waals surface area contributed by atoms with Gasteiger partial charge in [0.05, 0.1) is 36.8 Å². The summed E-state index contributed by atoms with van der Waals surface area (Å²) in [7, 11) is 0. The molecule has 0 aromatic carbocycles. The monoisotopic (exact) mass is 386 g/mol. The van der Waals surface area contributed by atoms with Crippen LogP contribution in [0.2, 0.25) is 0 Å². The van der Waals surface area contributed by atoms with Crippen molar-refractivity contribution in [1.29, 1.82) is 0 Å². The molecule has 7 nitrogen and oxygen atoms in total. The molecule has 0 bridgehead atoms. The largest absolute Gasteiger partial charge is 0.444 e. The summed E-state index contributed by atoms with van der Waals surface area (Å²) < 4.78 is 12.9. The van der Waals surface area contributed by atoms with Crippen LogP contribution in [0.1, 0.15) is 45.1 Å². The maximum atomic E-state index is 12.3. The summed E-state index contributed by atoms with van der Waals surface area (Å²) in [6.45, 7) is 10.6. The standard InChI is InChI=1S/C21H30N4O3/c1-21(2,3)28-20(26)24-8-6-16(7-9-24)18-14-22-25-15-17(4-5-19(18)25)23-10-12-27-13-11-23/h4-5,14-16H,6-13H2,1-3H3. The Kier molecular flexibility index (Phi) is 5.19. The number of hydrogen-bond acceptors (Lipinski definition) is 5. The van der Waals surface area contributed by atoms with Gasteiger partial charge in [-0.1, -0.05) is 0 Å². The normalized spacial score (nSPS) is 19.2. The number of morpholine rings is 1. The predicted molar refractivity (Wildman–Crippen MR) is 108 cm³/mol. The lowest BCUT2D eigenvalue weighted by molar-refractivity contribution is 0.0205. The number of ether oxygens (including phenoxy) is 2. The molecule has 2 saturated heterocycles. The van der Waals surface area contributed by atoms with E-state index in [9.17, 15) is 4.79 Å². The molecule has 0 unspecified atom stereocenters. The van der Waals surface area contributed by atoms with Crippen LogP contribution in [0, 0.1) is 0 Å². The molecule has 152 valence electrons. The Hall–Kier alpha value is -2.28. The van der Waals surface area contributed by atoms with Crippen LogP contribution in [0.4, 0.5) is 10.5 Å². The lowest BCUT2D eigenvalue weighted by atomic mass is 9.90. The van der Waals surface area contributed by atoms with Crippen LogP contribution in [-0.2, 0) is 9.47 Å². The SMILES string of the molecule is CC(C)(C)OC(=O)N1CCC(c2cnn3cc(N4CCOCC4)ccc23)CC1. The summed E-state index contributed by atoms with van der Waals surface area (Å²) in [6.07, 6.45) is 5.77. The number of anilines is 1. The Morgan fingerprint density at radius 3 is 2.54 bits per heavy atom. The second kappa shape index (κ2) is 7.62. The fraction of sp³-hybridized carbons (Fsp3) is 0.619. The van der Waals surface area contributed by atoms with Gasteiger partial charge in [0, 0.05) is 31.7 Å². The molecule has 0 saturated carbocycles. The maximum absolute atomic E-state index is 12.3. The van der Waals surface area contributed by atoms with Crippen LogP contribution >= 0.6 is 0 Å². The average Bonchev–Trinajstić information content (AvgIpc) is 3.11. The zero-order valence-electron chi connectivity index (χ0n) is 17.1. The molecule has 2 fully saturated rings. The summed E-state index contributed by atoms with van der Waals surface area (Å²) >= 11 is 0. The van der Waals surface area contributed by atoms with Crippen molar-refractivity contribution < 1.29 is 14.3 Å². The van der Waals surface area contributed by atoms with Gasteiger partial charge >= 0.3 is 6.09 Å². The van der Waals surface area contributed by atoms with Crippen molar-refractivity contribution in [3.8, 4) is 0 Å². The highest BCUT2D eigenvalue weighted by atomic mass is 16.6. The van der Waals surface area contributed by atoms with Crippen LogP contribution in [0.5, 0.6) is 0 Å². The number of likely N-dealkylation sites (tertiary alicyclic amines) is 1. The van der Waals surface area contributed by atoms with Gasteiger partial charge in [0.25, 0.3) is 0 Å². The maximum Gasteiger partial charge on any atom is 0.410 e. The van der Waals surface area contributed by atoms with E-state index in [0.717, 1.165) is 57.8 Å². The van der Waals surface area contributed by atoms with Gasteiger partial charge in [-0.15, -0.1) is 0 Å². The first-order chi connectivity index (χ1) is 13.4. The first-order valence-electron chi connectivity index (χ1n) is 10.2. The lowest BCUT2D eigenvalue weighted by Crippen LogP contribution is -2.41. The number of rotatable bonds is 2. The second-order valence-corrected chi connectivity index (χ2v) is 8.66. The third-order valence-corrected chi connectivity index (χ3v) is 5.49. The van der Waals surface area contributed by atoms with E-state index in [2.05, 4.69) is 28.3 Å². The topological polar surface area (TPSA) is 59.3 Å². The molecule has 2 aliphatic heterocycles. The van der Waals surface area contributed by atoms with Crippen molar-refractivity contribution in [2.24, 2.45) is 0 Å². The van der Waals surface area contributed by atoms with Crippen LogP contribution in [0.25, 0.3) is 5.52 Å². The highest BCUT2D eigenvalue weighted by Gasteiger charge is 2.28. The van der Waals surface area contributed by atoms with E-state index >= 15 is 0 Å². The van der Waals surface area contributed by atoms with E-state index in [4.69, 9.17) is 9.47 Å². The molecule has 2 aliphatic rings. The molecule has 2 aromatic rings. The minimum atomic E-state index is -0.450. The Balaban J connectivity index is 1.43. The molecular formula is C21H30N4O3. The molecule has 7 heteroatoms. The number of amides is 1. The number of carbonyl (C=O) groups is 1. The Bertz CT molecular complexity index is 828. The Labute approximate surface area is 166 Å². The van der Waals surface area contributed by atoms with Gasteiger partial charge in [-0.3, -0.25) is 0 Å². The Morgan fingerprint density at radius 2 is 1.86 bits per heavy atom. The molecule has 0 aliphatic carbocycles. The van der Waals surface area contributed by atoms with Crippen LogP contribution in [0.15, 0.2) is 24.5 Å². The molecule has 4 rings (SSSR count). The van der Waals surface area contributed by atoms with Crippen molar-refractivity contribution >= 4 is 17.3 Å². The first-order valence-corrected chi connectivity index (χ1v) is 10.2. The van der Waals surface area contributed by atoms with Crippen molar-refractivity contribution in [1.82, 2.24) is 14.5 Å². The number of pyridine rings is 1. The van der Waals surface area contributed by atoms with Gasteiger partial charge in [-0.05, 0) is 51.7 Å². The van der Waals surface area contributed by atoms with E-state index in [1.807, 2.05) is 36.4 Å². The molecule has 0 radical (unpaired) electrons. The fourth-order valence-corrected chi connectivity index (χ4v) is 4.02. The summed E-state index contributed by atoms with van der Waals surface area (Å²) in [5.41, 5.74) is 3.17. The van der Waals surface area contributed by atoms with Gasteiger partial charge in [0.15, 0.2) is 0 Å². The van der Waals surface area contributed by atoms with Gasteiger partial charge in [0.1, 0.15) is 5.60 Å². The number of piperidine rings is 1. The van der Waals surface area contributed by atoms with Crippen LogP contribution in [0.3, 0.4) is 0 Å². The van der Waals surface area contributed by atoms with Gasteiger partial charge in [-0.2, -0.15) is 5.10 Å². The summed E-state index contributed by atoms with van der Waals surface area (Å²) in [5, 5.41) is 4.61. The van der Waals surface area contributed by atoms with E-state index < -0.39 is 5.60 Å². The molecule has 0 spiro atoms. The van der Waals surface area contributed by atoms with Crippen molar-refractivity contribution in [3.63, 3.8) is 0 Å². The quantitative estimate of drug-likeness (QED) is 0.793. The minimum Gasteiger partial charge on any atom is -0.444 e. The highest BCUT2D eigenvalue weighted by Crippen LogP contribution is 2.32. The molecule has 2 aromatic heterocycles. The molecule has 4 heterocycles. The third kappa shape index (κ3) is 4.09. The smallest absolute Gasteiger partial charge is 0.410 e. The lowest BCUT2D eigenvalue weighted by Gasteiger charge is -2.33. The third-order valence-electron chi connectivity index (χ3n) is 5.49. The summed E-state index contributed by atoms with van der Waals surface area (Å²) in [6, 6.07) is 4.36. The highest BCUT2D eigenvalue weighted by molar-refractivity contribution is 5.68. The molecular weight excluding hydrogens is 356 g/mol. The molecule has 0 atom stereocenters. The zero-order valence-corrected chi connectivity index (χ0v) is 17.1. The van der Waals surface area contributed by atoms with E-state index in [-0.39, 0.29) is 6.09 Å². The minimum absolute atomic E-state index is 0.207. The fourth-order valence-electron chi connectivity index (χ4n) is 4.02. The van der Waals surface area contributed by atoms with E-state index in [0.29, 0.717) is 5.92 Å². The summed E-state index contributed by atoms with van der Waals surface area (Å²) in [4.78, 5) is 16.4. The number of hydrogen-bond donors (Lipinski definition) is 0. The Morgan fingerprint density at radius 1 is 1.14 bits per heavy atom. The number of fused-ring (bicyclic) bond motifs is 1. The number of nitrogens with zero attached hydrogens (tertiary/aromatic N) is 4. The predicted octanol–water partition coefficient (Wildman–Crippen LogP) is 3.29. The zero-order chi connectivity index (χ0) is 19.7. The summed E-state index contributed by atoms with van der Waals surface area (Å²) in [5.74, 6) is 0.422. The van der Waals surface area contributed by atoms with Gasteiger partial charge in [-0.25, -0.2) is 9.31 Å². The molecule has 1 amide bonds. The number of carbonyl (C=O) groups excluding carboxylic acids is 1. The van der Waals surface area contributed by atoms with Gasteiger partial charge in [0.2, 0.25) is 0 Å². The van der Waals surface area contributed by atoms with Crippen molar-refractivity contribution in [2.45, 2.75) is 45.1 Å². The molecule has 0 N–H and O–H groups in total. The van der Waals surface area contributed by atoms with E-state index in [1.165, 1.54) is 11.3 Å². The van der Waals surface area contributed by atoms with Crippen molar-refractivity contribution in [2.75, 3.05) is 44.3 Å².